The molecule has 0 atom stereocenters. The van der Waals surface area contributed by atoms with Crippen molar-refractivity contribution < 1.29 is 18.3 Å². The Morgan fingerprint density at radius 1 is 1.17 bits per heavy atom. The Balaban J connectivity index is 2.11. The fraction of sp³-hybridized carbons (Fsp3) is 1.00. The van der Waals surface area contributed by atoms with Gasteiger partial charge in [0.15, 0.2) is 0 Å². The van der Waals surface area contributed by atoms with Gasteiger partial charge in [0.1, 0.15) is 0 Å². The van der Waals surface area contributed by atoms with E-state index in [4.69, 9.17) is 9.84 Å². The maximum atomic E-state index is 11.8. The first-order valence-electron chi connectivity index (χ1n) is 6.80. The highest BCUT2D eigenvalue weighted by molar-refractivity contribution is 7.89. The smallest absolute Gasteiger partial charge is 0.211 e. The van der Waals surface area contributed by atoms with Crippen molar-refractivity contribution in [1.82, 2.24) is 4.72 Å². The van der Waals surface area contributed by atoms with Gasteiger partial charge in [0.05, 0.1) is 19.0 Å². The van der Waals surface area contributed by atoms with E-state index in [2.05, 4.69) is 4.72 Å². The maximum Gasteiger partial charge on any atom is 0.211 e. The lowest BCUT2D eigenvalue weighted by atomic mass is 9.91. The summed E-state index contributed by atoms with van der Waals surface area (Å²) >= 11 is 0. The quantitative estimate of drug-likeness (QED) is 0.615. The number of ether oxygens (including phenoxy) is 1. The van der Waals surface area contributed by atoms with Gasteiger partial charge in [0, 0.05) is 13.2 Å². The standard InChI is InChI=1S/C12H25NO4S/c14-8-10-17-9-4-7-13-18(15,16)11-12-5-2-1-3-6-12/h12-14H,1-11H2. The van der Waals surface area contributed by atoms with Crippen LogP contribution in [0.2, 0.25) is 0 Å². The van der Waals surface area contributed by atoms with Crippen LogP contribution in [0.15, 0.2) is 0 Å². The van der Waals surface area contributed by atoms with E-state index in [1.54, 1.807) is 0 Å². The molecule has 1 rings (SSSR count). The van der Waals surface area contributed by atoms with Gasteiger partial charge < -0.3 is 9.84 Å². The van der Waals surface area contributed by atoms with Crippen molar-refractivity contribution in [2.75, 3.05) is 32.1 Å². The van der Waals surface area contributed by atoms with Crippen molar-refractivity contribution in [3.63, 3.8) is 0 Å². The van der Waals surface area contributed by atoms with Crippen LogP contribution in [0.1, 0.15) is 38.5 Å². The molecule has 0 radical (unpaired) electrons. The number of aliphatic hydroxyl groups is 1. The minimum atomic E-state index is -3.13. The van der Waals surface area contributed by atoms with E-state index in [1.807, 2.05) is 0 Å². The molecule has 18 heavy (non-hydrogen) atoms. The topological polar surface area (TPSA) is 75.6 Å². The van der Waals surface area contributed by atoms with Gasteiger partial charge in [-0.3, -0.25) is 0 Å². The third-order valence-corrected chi connectivity index (χ3v) is 4.76. The van der Waals surface area contributed by atoms with E-state index >= 15 is 0 Å². The summed E-state index contributed by atoms with van der Waals surface area (Å²) in [5.41, 5.74) is 0. The molecule has 0 spiro atoms. The number of rotatable bonds is 9. The molecule has 0 saturated heterocycles. The van der Waals surface area contributed by atoms with Gasteiger partial charge in [-0.1, -0.05) is 19.3 Å². The van der Waals surface area contributed by atoms with Crippen LogP contribution in [0.3, 0.4) is 0 Å². The van der Waals surface area contributed by atoms with Gasteiger partial charge in [0.25, 0.3) is 0 Å². The van der Waals surface area contributed by atoms with E-state index in [9.17, 15) is 8.42 Å². The Hall–Kier alpha value is -0.170. The number of sulfonamides is 1. The maximum absolute atomic E-state index is 11.8. The number of aliphatic hydroxyl groups excluding tert-OH is 1. The van der Waals surface area contributed by atoms with Crippen LogP contribution in [0.4, 0.5) is 0 Å². The molecule has 0 amide bonds. The van der Waals surface area contributed by atoms with E-state index < -0.39 is 10.0 Å². The van der Waals surface area contributed by atoms with E-state index in [0.717, 1.165) is 25.7 Å². The van der Waals surface area contributed by atoms with Gasteiger partial charge in [-0.25, -0.2) is 13.1 Å². The lowest BCUT2D eigenvalue weighted by molar-refractivity contribution is 0.0913. The van der Waals surface area contributed by atoms with Crippen LogP contribution < -0.4 is 4.72 Å². The lowest BCUT2D eigenvalue weighted by Gasteiger charge is -2.21. The summed E-state index contributed by atoms with van der Waals surface area (Å²) in [5.74, 6) is 0.603. The van der Waals surface area contributed by atoms with Gasteiger partial charge in [-0.05, 0) is 25.2 Å². The molecule has 6 heteroatoms. The van der Waals surface area contributed by atoms with Crippen LogP contribution in [0.25, 0.3) is 0 Å². The highest BCUT2D eigenvalue weighted by Crippen LogP contribution is 2.24. The zero-order valence-corrected chi connectivity index (χ0v) is 11.8. The molecule has 5 nitrogen and oxygen atoms in total. The van der Waals surface area contributed by atoms with Gasteiger partial charge in [0.2, 0.25) is 10.0 Å². The molecular formula is C12H25NO4S. The van der Waals surface area contributed by atoms with Gasteiger partial charge in [-0.2, -0.15) is 0 Å². The summed E-state index contributed by atoms with van der Waals surface area (Å²) in [6.07, 6.45) is 6.29. The number of hydrogen-bond donors (Lipinski definition) is 2. The van der Waals surface area contributed by atoms with Crippen molar-refractivity contribution in [3.05, 3.63) is 0 Å². The first kappa shape index (κ1) is 15.9. The second-order valence-corrected chi connectivity index (χ2v) is 6.72. The van der Waals surface area contributed by atoms with E-state index in [-0.39, 0.29) is 12.4 Å². The average molecular weight is 279 g/mol. The Kier molecular flexibility index (Phi) is 7.81. The van der Waals surface area contributed by atoms with E-state index in [1.165, 1.54) is 6.42 Å². The Bertz CT molecular complexity index is 299. The third kappa shape index (κ3) is 7.31. The van der Waals surface area contributed by atoms with E-state index in [0.29, 0.717) is 32.1 Å². The largest absolute Gasteiger partial charge is 0.394 e. The summed E-state index contributed by atoms with van der Waals surface area (Å²) in [6, 6.07) is 0. The van der Waals surface area contributed by atoms with Crippen molar-refractivity contribution >= 4 is 10.0 Å². The Morgan fingerprint density at radius 2 is 1.89 bits per heavy atom. The van der Waals surface area contributed by atoms with Crippen molar-refractivity contribution in [3.8, 4) is 0 Å². The summed E-state index contributed by atoms with van der Waals surface area (Å²) in [4.78, 5) is 0. The van der Waals surface area contributed by atoms with Crippen LogP contribution in [-0.4, -0.2) is 45.6 Å². The Labute approximate surface area is 110 Å². The molecule has 1 aliphatic carbocycles. The molecule has 0 aliphatic heterocycles. The molecule has 1 saturated carbocycles. The summed E-state index contributed by atoms with van der Waals surface area (Å²) in [5, 5.41) is 8.50. The molecule has 2 N–H and O–H groups in total. The number of hydrogen-bond acceptors (Lipinski definition) is 4. The summed E-state index contributed by atoms with van der Waals surface area (Å²) in [6.45, 7) is 1.22. The lowest BCUT2D eigenvalue weighted by Crippen LogP contribution is -2.31. The van der Waals surface area contributed by atoms with Crippen LogP contribution in [0.5, 0.6) is 0 Å². The molecule has 1 fully saturated rings. The molecule has 1 aliphatic rings. The molecule has 108 valence electrons. The first-order chi connectivity index (χ1) is 8.64. The highest BCUT2D eigenvalue weighted by Gasteiger charge is 2.20. The molecule has 0 bridgehead atoms. The first-order valence-corrected chi connectivity index (χ1v) is 8.45. The van der Waals surface area contributed by atoms with Crippen LogP contribution in [0, 0.1) is 5.92 Å². The zero-order valence-electron chi connectivity index (χ0n) is 10.9. The normalized spacial score (nSPS) is 18.1. The number of nitrogens with one attached hydrogen (secondary N) is 1. The predicted octanol–water partition coefficient (Wildman–Crippen LogP) is 0.885. The zero-order chi connectivity index (χ0) is 13.3. The second-order valence-electron chi connectivity index (χ2n) is 4.87. The second kappa shape index (κ2) is 8.85. The van der Waals surface area contributed by atoms with Crippen molar-refractivity contribution in [2.24, 2.45) is 5.92 Å². The monoisotopic (exact) mass is 279 g/mol. The van der Waals surface area contributed by atoms with Gasteiger partial charge in [-0.15, -0.1) is 0 Å². The molecule has 0 aromatic heterocycles. The molecule has 0 aromatic carbocycles. The highest BCUT2D eigenvalue weighted by atomic mass is 32.2. The third-order valence-electron chi connectivity index (χ3n) is 3.20. The predicted molar refractivity (Wildman–Crippen MR) is 70.9 cm³/mol. The van der Waals surface area contributed by atoms with Crippen LogP contribution in [-0.2, 0) is 14.8 Å². The summed E-state index contributed by atoms with van der Waals surface area (Å²) in [7, 11) is -3.13. The Morgan fingerprint density at radius 3 is 2.56 bits per heavy atom. The fourth-order valence-electron chi connectivity index (χ4n) is 2.29. The molecule has 0 heterocycles. The molecule has 0 aromatic rings. The van der Waals surface area contributed by atoms with Crippen molar-refractivity contribution in [2.45, 2.75) is 38.5 Å². The SMILES string of the molecule is O=S(=O)(CC1CCCCC1)NCCCOCCO. The van der Waals surface area contributed by atoms with Crippen molar-refractivity contribution in [1.29, 1.82) is 0 Å². The fourth-order valence-corrected chi connectivity index (χ4v) is 3.82. The minimum Gasteiger partial charge on any atom is -0.394 e. The summed E-state index contributed by atoms with van der Waals surface area (Å²) < 4.78 is 31.3. The van der Waals surface area contributed by atoms with Gasteiger partial charge >= 0.3 is 0 Å². The molecular weight excluding hydrogens is 254 g/mol. The average Bonchev–Trinajstić information content (AvgIpc) is 2.34. The van der Waals surface area contributed by atoms with Crippen LogP contribution >= 0.6 is 0 Å². The molecule has 0 unspecified atom stereocenters. The minimum absolute atomic E-state index is 0.00735.